The molecule has 1 aromatic rings. The third-order valence-corrected chi connectivity index (χ3v) is 5.41. The van der Waals surface area contributed by atoms with Crippen molar-refractivity contribution in [1.29, 1.82) is 0 Å². The van der Waals surface area contributed by atoms with Crippen molar-refractivity contribution in [2.45, 2.75) is 19.3 Å². The summed E-state index contributed by atoms with van der Waals surface area (Å²) in [5.74, 6) is -0.275. The lowest BCUT2D eigenvalue weighted by atomic mass is 10.2. The lowest BCUT2D eigenvalue weighted by molar-refractivity contribution is -0.137. The molecule has 1 aliphatic heterocycles. The summed E-state index contributed by atoms with van der Waals surface area (Å²) in [5, 5.41) is 11.2. The summed E-state index contributed by atoms with van der Waals surface area (Å²) in [6.07, 6.45) is 2.16. The molecule has 0 radical (unpaired) electrons. The van der Waals surface area contributed by atoms with Crippen LogP contribution in [-0.4, -0.2) is 59.4 Å². The van der Waals surface area contributed by atoms with E-state index in [9.17, 15) is 14.4 Å². The Morgan fingerprint density at radius 1 is 1.24 bits per heavy atom. The maximum atomic E-state index is 12.6. The van der Waals surface area contributed by atoms with Crippen molar-refractivity contribution in [3.05, 3.63) is 28.7 Å². The first kappa shape index (κ1) is 22.7. The number of carbonyl (C=O) groups is 3. The molecule has 1 fully saturated rings. The van der Waals surface area contributed by atoms with E-state index in [2.05, 4.69) is 5.32 Å². The standard InChI is InChI=1S/C19H22N2O6S2/c1-26-13-6-5-12(10-14(13)27-2)11-15-18(25)21(19(28)29-15)9-7-16(22)20-8-3-4-17(23)24/h5-6,10-11H,3-4,7-9H2,1-2H3,(H,20,22)(H,23,24)/b15-11+. The van der Waals surface area contributed by atoms with Gasteiger partial charge in [-0.15, -0.1) is 0 Å². The van der Waals surface area contributed by atoms with E-state index in [1.807, 2.05) is 0 Å². The molecule has 2 amide bonds. The number of nitrogens with one attached hydrogen (secondary N) is 1. The van der Waals surface area contributed by atoms with E-state index in [4.69, 9.17) is 26.8 Å². The molecule has 0 saturated carbocycles. The Balaban J connectivity index is 1.94. The Bertz CT molecular complexity index is 840. The summed E-state index contributed by atoms with van der Waals surface area (Å²) in [4.78, 5) is 36.8. The molecule has 2 rings (SSSR count). The summed E-state index contributed by atoms with van der Waals surface area (Å²) in [6, 6.07) is 5.31. The minimum atomic E-state index is -0.905. The number of carboxylic acids is 1. The molecule has 0 unspecified atom stereocenters. The van der Waals surface area contributed by atoms with Crippen LogP contribution in [-0.2, 0) is 14.4 Å². The topological polar surface area (TPSA) is 105 Å². The van der Waals surface area contributed by atoms with Crippen LogP contribution in [0.3, 0.4) is 0 Å². The molecular formula is C19H22N2O6S2. The van der Waals surface area contributed by atoms with Gasteiger partial charge in [0.1, 0.15) is 4.32 Å². The zero-order valence-electron chi connectivity index (χ0n) is 16.1. The van der Waals surface area contributed by atoms with Gasteiger partial charge in [0.15, 0.2) is 11.5 Å². The third-order valence-electron chi connectivity index (χ3n) is 4.03. The number of rotatable bonds is 10. The summed E-state index contributed by atoms with van der Waals surface area (Å²) in [6.45, 7) is 0.446. The Hall–Kier alpha value is -2.59. The van der Waals surface area contributed by atoms with Crippen LogP contribution >= 0.6 is 24.0 Å². The average Bonchev–Trinajstić information content (AvgIpc) is 2.96. The molecule has 10 heteroatoms. The number of carbonyl (C=O) groups excluding carboxylic acids is 2. The first-order chi connectivity index (χ1) is 13.8. The molecule has 1 aromatic carbocycles. The number of hydrogen-bond donors (Lipinski definition) is 2. The zero-order chi connectivity index (χ0) is 21.4. The lowest BCUT2D eigenvalue weighted by Crippen LogP contribution is -2.33. The van der Waals surface area contributed by atoms with Crippen LogP contribution in [0.25, 0.3) is 6.08 Å². The summed E-state index contributed by atoms with van der Waals surface area (Å²) in [7, 11) is 3.08. The van der Waals surface area contributed by atoms with Crippen LogP contribution in [0.4, 0.5) is 0 Å². The third kappa shape index (κ3) is 6.47. The van der Waals surface area contributed by atoms with Crippen molar-refractivity contribution < 1.29 is 29.0 Å². The average molecular weight is 439 g/mol. The second-order valence-corrected chi connectivity index (χ2v) is 7.72. The Kier molecular flexibility index (Phi) is 8.47. The lowest BCUT2D eigenvalue weighted by Gasteiger charge is -2.14. The molecule has 0 aliphatic carbocycles. The zero-order valence-corrected chi connectivity index (χ0v) is 17.7. The van der Waals surface area contributed by atoms with E-state index in [0.29, 0.717) is 27.1 Å². The molecule has 8 nitrogen and oxygen atoms in total. The van der Waals surface area contributed by atoms with Crippen LogP contribution in [0.2, 0.25) is 0 Å². The quantitative estimate of drug-likeness (QED) is 0.326. The van der Waals surface area contributed by atoms with Crippen molar-refractivity contribution in [2.24, 2.45) is 0 Å². The van der Waals surface area contributed by atoms with Crippen LogP contribution in [0.15, 0.2) is 23.1 Å². The molecular weight excluding hydrogens is 416 g/mol. The first-order valence-corrected chi connectivity index (χ1v) is 10.0. The van der Waals surface area contributed by atoms with Gasteiger partial charge in [0, 0.05) is 25.9 Å². The number of thioether (sulfide) groups is 1. The highest BCUT2D eigenvalue weighted by Gasteiger charge is 2.32. The van der Waals surface area contributed by atoms with Gasteiger partial charge < -0.3 is 19.9 Å². The number of benzene rings is 1. The predicted molar refractivity (Wildman–Crippen MR) is 114 cm³/mol. The molecule has 1 saturated heterocycles. The van der Waals surface area contributed by atoms with Crippen LogP contribution in [0, 0.1) is 0 Å². The van der Waals surface area contributed by atoms with Crippen molar-refractivity contribution in [3.63, 3.8) is 0 Å². The van der Waals surface area contributed by atoms with Gasteiger partial charge in [-0.25, -0.2) is 0 Å². The van der Waals surface area contributed by atoms with Crippen molar-refractivity contribution in [3.8, 4) is 11.5 Å². The largest absolute Gasteiger partial charge is 0.493 e. The summed E-state index contributed by atoms with van der Waals surface area (Å²) < 4.78 is 10.9. The van der Waals surface area contributed by atoms with E-state index in [1.54, 1.807) is 31.4 Å². The van der Waals surface area contributed by atoms with Gasteiger partial charge in [-0.3, -0.25) is 19.3 Å². The van der Waals surface area contributed by atoms with Gasteiger partial charge in [0.05, 0.1) is 19.1 Å². The van der Waals surface area contributed by atoms with Crippen LogP contribution in [0.1, 0.15) is 24.8 Å². The van der Waals surface area contributed by atoms with Crippen molar-refractivity contribution in [1.82, 2.24) is 10.2 Å². The number of thiocarbonyl (C=S) groups is 1. The molecule has 29 heavy (non-hydrogen) atoms. The van der Waals surface area contributed by atoms with Gasteiger partial charge >= 0.3 is 5.97 Å². The number of hydrogen-bond acceptors (Lipinski definition) is 7. The minimum absolute atomic E-state index is 0.00405. The molecule has 0 aromatic heterocycles. The monoisotopic (exact) mass is 438 g/mol. The molecule has 2 N–H and O–H groups in total. The predicted octanol–water partition coefficient (Wildman–Crippen LogP) is 2.28. The maximum absolute atomic E-state index is 12.6. The fourth-order valence-corrected chi connectivity index (χ4v) is 3.86. The van der Waals surface area contributed by atoms with Crippen molar-refractivity contribution >= 4 is 52.2 Å². The SMILES string of the molecule is COc1ccc(/C=C2/SC(=S)N(CCC(=O)NCCCC(=O)O)C2=O)cc1OC. The highest BCUT2D eigenvalue weighted by molar-refractivity contribution is 8.26. The van der Waals surface area contributed by atoms with E-state index >= 15 is 0 Å². The van der Waals surface area contributed by atoms with E-state index in [-0.39, 0.29) is 37.7 Å². The fourth-order valence-electron chi connectivity index (χ4n) is 2.56. The summed E-state index contributed by atoms with van der Waals surface area (Å²) in [5.41, 5.74) is 0.763. The van der Waals surface area contributed by atoms with E-state index in [0.717, 1.165) is 5.56 Å². The van der Waals surface area contributed by atoms with E-state index in [1.165, 1.54) is 23.8 Å². The molecule has 1 heterocycles. The van der Waals surface area contributed by atoms with Gasteiger partial charge in [-0.2, -0.15) is 0 Å². The smallest absolute Gasteiger partial charge is 0.303 e. The second-order valence-electron chi connectivity index (χ2n) is 6.05. The Morgan fingerprint density at radius 2 is 1.97 bits per heavy atom. The number of ether oxygens (including phenoxy) is 2. The minimum Gasteiger partial charge on any atom is -0.493 e. The number of aliphatic carboxylic acids is 1. The number of methoxy groups -OCH3 is 2. The Labute approximate surface area is 178 Å². The number of amides is 2. The molecule has 0 spiro atoms. The first-order valence-electron chi connectivity index (χ1n) is 8.81. The normalized spacial score (nSPS) is 15.0. The number of carboxylic acid groups (broad SMARTS) is 1. The second kappa shape index (κ2) is 10.8. The number of nitrogens with zero attached hydrogens (tertiary/aromatic N) is 1. The van der Waals surface area contributed by atoms with Gasteiger partial charge in [-0.1, -0.05) is 30.0 Å². The molecule has 0 atom stereocenters. The van der Waals surface area contributed by atoms with Crippen LogP contribution < -0.4 is 14.8 Å². The highest BCUT2D eigenvalue weighted by atomic mass is 32.2. The van der Waals surface area contributed by atoms with Gasteiger partial charge in [-0.05, 0) is 30.2 Å². The van der Waals surface area contributed by atoms with Crippen molar-refractivity contribution in [2.75, 3.05) is 27.3 Å². The maximum Gasteiger partial charge on any atom is 0.303 e. The molecule has 1 aliphatic rings. The molecule has 156 valence electrons. The summed E-state index contributed by atoms with van der Waals surface area (Å²) >= 11 is 6.45. The van der Waals surface area contributed by atoms with Crippen LogP contribution in [0.5, 0.6) is 11.5 Å². The van der Waals surface area contributed by atoms with Gasteiger partial charge in [0.25, 0.3) is 5.91 Å². The van der Waals surface area contributed by atoms with Gasteiger partial charge in [0.2, 0.25) is 5.91 Å². The molecule has 0 bridgehead atoms. The highest BCUT2D eigenvalue weighted by Crippen LogP contribution is 2.34. The fraction of sp³-hybridized carbons (Fsp3) is 0.368. The Morgan fingerprint density at radius 3 is 2.62 bits per heavy atom. The van der Waals surface area contributed by atoms with E-state index < -0.39 is 5.97 Å².